The van der Waals surface area contributed by atoms with Crippen LogP contribution >= 0.6 is 11.8 Å². The third-order valence-electron chi connectivity index (χ3n) is 2.57. The minimum Gasteiger partial charge on any atom is -0.257 e. The first kappa shape index (κ1) is 13.5. The predicted octanol–water partition coefficient (Wildman–Crippen LogP) is 3.13. The van der Waals surface area contributed by atoms with E-state index < -0.39 is 0 Å². The van der Waals surface area contributed by atoms with Crippen molar-refractivity contribution < 1.29 is 0 Å². The van der Waals surface area contributed by atoms with Gasteiger partial charge in [-0.05, 0) is 51.6 Å². The molecule has 5 heteroatoms. The minimum atomic E-state index is 0.596. The van der Waals surface area contributed by atoms with Crippen molar-refractivity contribution in [2.75, 3.05) is 0 Å². The molecule has 0 N–H and O–H groups in total. The van der Waals surface area contributed by atoms with Gasteiger partial charge in [-0.2, -0.15) is 5.26 Å². The maximum Gasteiger partial charge on any atom is 0.192 e. The summed E-state index contributed by atoms with van der Waals surface area (Å²) in [7, 11) is 0. The van der Waals surface area contributed by atoms with E-state index in [1.54, 1.807) is 0 Å². The first-order chi connectivity index (χ1) is 8.99. The average molecular weight is 270 g/mol. The van der Waals surface area contributed by atoms with Crippen molar-refractivity contribution in [1.29, 1.82) is 5.26 Å². The highest BCUT2D eigenvalue weighted by Gasteiger charge is 2.11. The quantitative estimate of drug-likeness (QED) is 0.784. The van der Waals surface area contributed by atoms with E-state index in [9.17, 15) is 5.26 Å². The van der Waals surface area contributed by atoms with Crippen LogP contribution < -0.4 is 0 Å². The lowest BCUT2D eigenvalue weighted by molar-refractivity contribution is 0.901. The highest BCUT2D eigenvalue weighted by molar-refractivity contribution is 7.99. The van der Waals surface area contributed by atoms with E-state index in [4.69, 9.17) is 0 Å². The van der Waals surface area contributed by atoms with Gasteiger partial charge in [0.15, 0.2) is 5.16 Å². The molecule has 0 fully saturated rings. The second kappa shape index (κ2) is 5.37. The van der Waals surface area contributed by atoms with Crippen LogP contribution in [0.4, 0.5) is 0 Å². The smallest absolute Gasteiger partial charge is 0.192 e. The van der Waals surface area contributed by atoms with Crippen LogP contribution in [0, 0.1) is 39.0 Å². The van der Waals surface area contributed by atoms with Crippen molar-refractivity contribution in [1.82, 2.24) is 15.0 Å². The van der Waals surface area contributed by atoms with E-state index in [-0.39, 0.29) is 0 Å². The van der Waals surface area contributed by atoms with Gasteiger partial charge in [-0.25, -0.2) is 9.97 Å². The molecule has 2 heterocycles. The Morgan fingerprint density at radius 2 is 1.53 bits per heavy atom. The van der Waals surface area contributed by atoms with Crippen LogP contribution in [0.15, 0.2) is 22.2 Å². The summed E-state index contributed by atoms with van der Waals surface area (Å²) in [4.78, 5) is 13.9. The highest BCUT2D eigenvalue weighted by Crippen LogP contribution is 2.29. The van der Waals surface area contributed by atoms with Gasteiger partial charge in [0.1, 0.15) is 6.07 Å². The molecule has 0 aliphatic heterocycles. The fraction of sp³-hybridized carbons (Fsp3) is 0.286. The van der Waals surface area contributed by atoms with Crippen molar-refractivity contribution in [3.63, 3.8) is 0 Å². The molecule has 2 aromatic heterocycles. The monoisotopic (exact) mass is 270 g/mol. The second-order valence-corrected chi connectivity index (χ2v) is 5.38. The van der Waals surface area contributed by atoms with Crippen molar-refractivity contribution in [3.05, 3.63) is 40.5 Å². The summed E-state index contributed by atoms with van der Waals surface area (Å²) in [5.41, 5.74) is 4.09. The molecule has 0 amide bonds. The van der Waals surface area contributed by atoms with Crippen molar-refractivity contribution >= 4 is 11.8 Å². The lowest BCUT2D eigenvalue weighted by Crippen LogP contribution is -1.97. The van der Waals surface area contributed by atoms with Gasteiger partial charge >= 0.3 is 0 Å². The molecule has 0 radical (unpaired) electrons. The van der Waals surface area contributed by atoms with E-state index >= 15 is 0 Å². The van der Waals surface area contributed by atoms with Gasteiger partial charge in [0, 0.05) is 22.0 Å². The van der Waals surface area contributed by atoms with Crippen LogP contribution in [0.1, 0.15) is 28.3 Å². The third-order valence-corrected chi connectivity index (χ3v) is 3.47. The van der Waals surface area contributed by atoms with Crippen LogP contribution in [-0.4, -0.2) is 15.0 Å². The summed E-state index contributed by atoms with van der Waals surface area (Å²) >= 11 is 1.41. The second-order valence-electron chi connectivity index (χ2n) is 4.37. The van der Waals surface area contributed by atoms with Gasteiger partial charge < -0.3 is 0 Å². The molecule has 19 heavy (non-hydrogen) atoms. The molecule has 0 aliphatic rings. The molecule has 0 saturated heterocycles. The summed E-state index contributed by atoms with van der Waals surface area (Å²) in [5, 5.41) is 9.90. The molecular formula is C14H14N4S. The Balaban J connectivity index is 2.46. The van der Waals surface area contributed by atoms with Crippen LogP contribution in [0.2, 0.25) is 0 Å². The zero-order valence-electron chi connectivity index (χ0n) is 11.4. The average Bonchev–Trinajstić information content (AvgIpc) is 2.26. The van der Waals surface area contributed by atoms with E-state index in [0.717, 1.165) is 27.7 Å². The van der Waals surface area contributed by atoms with Gasteiger partial charge in [-0.15, -0.1) is 0 Å². The molecule has 0 unspecified atom stereocenters. The van der Waals surface area contributed by atoms with Gasteiger partial charge in [0.25, 0.3) is 0 Å². The zero-order valence-corrected chi connectivity index (χ0v) is 12.2. The van der Waals surface area contributed by atoms with E-state index in [1.807, 2.05) is 39.8 Å². The Morgan fingerprint density at radius 1 is 0.947 bits per heavy atom. The molecule has 0 bridgehead atoms. The Hall–Kier alpha value is -1.93. The van der Waals surface area contributed by atoms with Gasteiger partial charge in [0.2, 0.25) is 0 Å². The normalized spacial score (nSPS) is 10.3. The van der Waals surface area contributed by atoms with Crippen LogP contribution in [0.3, 0.4) is 0 Å². The number of hydrogen-bond acceptors (Lipinski definition) is 5. The highest BCUT2D eigenvalue weighted by atomic mass is 32.2. The standard InChI is InChI=1S/C14H14N4S/c1-8-5-9(2)18-14(17-8)19-13-6-10(3)16-11(4)12(13)7-15/h5-6H,1-4H3. The molecule has 96 valence electrons. The first-order valence-electron chi connectivity index (χ1n) is 5.88. The summed E-state index contributed by atoms with van der Waals surface area (Å²) < 4.78 is 0. The van der Waals surface area contributed by atoms with Crippen LogP contribution in [-0.2, 0) is 0 Å². The maximum absolute atomic E-state index is 9.23. The van der Waals surface area contributed by atoms with E-state index in [1.165, 1.54) is 11.8 Å². The Morgan fingerprint density at radius 3 is 2.11 bits per heavy atom. The van der Waals surface area contributed by atoms with E-state index in [0.29, 0.717) is 10.7 Å². The Kier molecular flexibility index (Phi) is 3.82. The maximum atomic E-state index is 9.23. The summed E-state index contributed by atoms with van der Waals surface area (Å²) in [6.45, 7) is 7.64. The SMILES string of the molecule is Cc1cc(C)nc(Sc2cc(C)nc(C)c2C#N)n1. The molecule has 2 rings (SSSR count). The summed E-state index contributed by atoms with van der Waals surface area (Å²) in [6, 6.07) is 6.03. The number of aromatic nitrogens is 3. The summed E-state index contributed by atoms with van der Waals surface area (Å²) in [6.07, 6.45) is 0. The zero-order chi connectivity index (χ0) is 14.0. The van der Waals surface area contributed by atoms with Crippen LogP contribution in [0.25, 0.3) is 0 Å². The number of nitrogens with zero attached hydrogens (tertiary/aromatic N) is 4. The third kappa shape index (κ3) is 3.09. The molecule has 2 aromatic rings. The lowest BCUT2D eigenvalue weighted by Gasteiger charge is -2.07. The predicted molar refractivity (Wildman–Crippen MR) is 74.1 cm³/mol. The minimum absolute atomic E-state index is 0.596. The topological polar surface area (TPSA) is 62.5 Å². The summed E-state index contributed by atoms with van der Waals surface area (Å²) in [5.74, 6) is 0. The fourth-order valence-electron chi connectivity index (χ4n) is 1.85. The molecule has 0 saturated carbocycles. The van der Waals surface area contributed by atoms with Crippen molar-refractivity contribution in [3.8, 4) is 6.07 Å². The number of pyridine rings is 1. The molecule has 0 spiro atoms. The molecule has 0 aliphatic carbocycles. The fourth-order valence-corrected chi connectivity index (χ4v) is 2.95. The van der Waals surface area contributed by atoms with Crippen LogP contribution in [0.5, 0.6) is 0 Å². The largest absolute Gasteiger partial charge is 0.257 e. The lowest BCUT2D eigenvalue weighted by atomic mass is 10.2. The molecule has 4 nitrogen and oxygen atoms in total. The first-order valence-corrected chi connectivity index (χ1v) is 6.69. The Labute approximate surface area is 116 Å². The Bertz CT molecular complexity index is 654. The molecule has 0 aromatic carbocycles. The van der Waals surface area contributed by atoms with Crippen molar-refractivity contribution in [2.45, 2.75) is 37.7 Å². The van der Waals surface area contributed by atoms with Gasteiger partial charge in [-0.3, -0.25) is 4.98 Å². The number of aryl methyl sites for hydroxylation is 4. The number of nitriles is 1. The molecule has 0 atom stereocenters. The van der Waals surface area contributed by atoms with E-state index in [2.05, 4.69) is 21.0 Å². The molecular weight excluding hydrogens is 256 g/mol. The van der Waals surface area contributed by atoms with Gasteiger partial charge in [-0.1, -0.05) is 0 Å². The van der Waals surface area contributed by atoms with Crippen molar-refractivity contribution in [2.24, 2.45) is 0 Å². The van der Waals surface area contributed by atoms with Gasteiger partial charge in [0.05, 0.1) is 11.3 Å². The number of rotatable bonds is 2. The number of hydrogen-bond donors (Lipinski definition) is 0.